The summed E-state index contributed by atoms with van der Waals surface area (Å²) in [7, 11) is 1.48. The van der Waals surface area contributed by atoms with E-state index >= 15 is 0 Å². The van der Waals surface area contributed by atoms with Crippen molar-refractivity contribution >= 4 is 17.3 Å². The number of hydrogen-bond donors (Lipinski definition) is 2. The molecule has 0 aliphatic heterocycles. The van der Waals surface area contributed by atoms with Crippen LogP contribution in [0.2, 0.25) is 0 Å². The molecule has 0 amide bonds. The summed E-state index contributed by atoms with van der Waals surface area (Å²) in [4.78, 5) is 7.50. The molecule has 0 bridgehead atoms. The van der Waals surface area contributed by atoms with Gasteiger partial charge in [-0.05, 0) is 18.1 Å². The number of aliphatic imine (C=N–C) groups is 1. The van der Waals surface area contributed by atoms with Gasteiger partial charge in [-0.15, -0.1) is 24.5 Å². The lowest BCUT2D eigenvalue weighted by Gasteiger charge is -2.14. The molecule has 12 heteroatoms. The zero-order valence-corrected chi connectivity index (χ0v) is 15.8. The van der Waals surface area contributed by atoms with Gasteiger partial charge in [0.1, 0.15) is 10.8 Å². The summed E-state index contributed by atoms with van der Waals surface area (Å²) in [5.41, 5.74) is -0.529. The minimum Gasteiger partial charge on any atom is -0.405 e. The van der Waals surface area contributed by atoms with Crippen LogP contribution >= 0.6 is 11.3 Å². The lowest BCUT2D eigenvalue weighted by atomic mass is 10.1. The Balaban J connectivity index is 1.57. The lowest BCUT2D eigenvalue weighted by molar-refractivity contribution is -0.274. The second-order valence-electron chi connectivity index (χ2n) is 6.23. The molecular weight excluding hydrogens is 422 g/mol. The van der Waals surface area contributed by atoms with Crippen molar-refractivity contribution in [2.75, 3.05) is 7.05 Å². The van der Waals surface area contributed by atoms with Gasteiger partial charge in [-0.3, -0.25) is 4.99 Å². The molecule has 158 valence electrons. The quantitative estimate of drug-likeness (QED) is 0.416. The molecule has 2 N–H and O–H groups in total. The van der Waals surface area contributed by atoms with Crippen LogP contribution in [0.4, 0.5) is 26.3 Å². The molecule has 5 nitrogen and oxygen atoms in total. The van der Waals surface area contributed by atoms with Gasteiger partial charge in [0.2, 0.25) is 0 Å². The number of guanidine groups is 1. The normalized spacial score (nSPS) is 19.8. The van der Waals surface area contributed by atoms with E-state index < -0.39 is 18.2 Å². The van der Waals surface area contributed by atoms with Crippen molar-refractivity contribution in [2.24, 2.45) is 4.99 Å². The fourth-order valence-electron chi connectivity index (χ4n) is 2.75. The zero-order valence-electron chi connectivity index (χ0n) is 14.9. The maximum Gasteiger partial charge on any atom is 0.573 e. The summed E-state index contributed by atoms with van der Waals surface area (Å²) in [6.45, 7) is 0.0333. The average molecular weight is 438 g/mol. The Morgan fingerprint density at radius 3 is 2.59 bits per heavy atom. The SMILES string of the molecule is CN=C(NCc1nc(C(F)(F)F)cs1)NC1CC1c1ccccc1OC(F)(F)F. The fraction of sp³-hybridized carbons (Fsp3) is 0.412. The van der Waals surface area contributed by atoms with Gasteiger partial charge >= 0.3 is 12.5 Å². The Labute approximate surface area is 165 Å². The van der Waals surface area contributed by atoms with Crippen molar-refractivity contribution in [3.05, 3.63) is 45.9 Å². The molecule has 1 aliphatic rings. The minimum atomic E-state index is -4.78. The number of thiazole rings is 1. The first-order valence-electron chi connectivity index (χ1n) is 8.40. The fourth-order valence-corrected chi connectivity index (χ4v) is 3.50. The van der Waals surface area contributed by atoms with Crippen molar-refractivity contribution in [3.8, 4) is 5.75 Å². The van der Waals surface area contributed by atoms with Gasteiger partial charge < -0.3 is 15.4 Å². The number of halogens is 6. The third kappa shape index (κ3) is 5.75. The molecule has 1 aromatic heterocycles. The summed E-state index contributed by atoms with van der Waals surface area (Å²) >= 11 is 0.869. The summed E-state index contributed by atoms with van der Waals surface area (Å²) in [6, 6.07) is 5.73. The van der Waals surface area contributed by atoms with E-state index in [0.29, 0.717) is 17.9 Å². The molecular formula is C17H16F6N4OS. The number of rotatable bonds is 5. The highest BCUT2D eigenvalue weighted by atomic mass is 32.1. The highest BCUT2D eigenvalue weighted by molar-refractivity contribution is 7.09. The molecule has 0 saturated heterocycles. The summed E-state index contributed by atoms with van der Waals surface area (Å²) in [5, 5.41) is 7.06. The Bertz CT molecular complexity index is 879. The zero-order chi connectivity index (χ0) is 21.2. The monoisotopic (exact) mass is 438 g/mol. The molecule has 1 aromatic carbocycles. The van der Waals surface area contributed by atoms with E-state index in [1.165, 1.54) is 19.2 Å². The van der Waals surface area contributed by atoms with Gasteiger partial charge in [0, 0.05) is 24.4 Å². The molecule has 1 fully saturated rings. The molecule has 0 radical (unpaired) electrons. The van der Waals surface area contributed by atoms with Crippen LogP contribution in [-0.4, -0.2) is 30.4 Å². The van der Waals surface area contributed by atoms with Crippen LogP contribution < -0.4 is 15.4 Å². The predicted molar refractivity (Wildman–Crippen MR) is 94.7 cm³/mol. The first-order chi connectivity index (χ1) is 13.6. The molecule has 2 atom stereocenters. The van der Waals surface area contributed by atoms with Gasteiger partial charge in [-0.25, -0.2) is 4.98 Å². The smallest absolute Gasteiger partial charge is 0.405 e. The molecule has 3 rings (SSSR count). The molecule has 2 unspecified atom stereocenters. The Hall–Kier alpha value is -2.50. The first-order valence-corrected chi connectivity index (χ1v) is 9.28. The maximum absolute atomic E-state index is 12.6. The number of benzene rings is 1. The van der Waals surface area contributed by atoms with Gasteiger partial charge in [-0.1, -0.05) is 18.2 Å². The standard InChI is InChI=1S/C17H16F6N4OS/c1-24-15(25-7-14-27-13(8-29-14)16(18,19)20)26-11-6-10(11)9-4-2-3-5-12(9)28-17(21,22)23/h2-5,8,10-11H,6-7H2,1H3,(H2,24,25,26). The summed E-state index contributed by atoms with van der Waals surface area (Å²) in [6.07, 6.45) is -8.72. The number of hydrogen-bond acceptors (Lipinski definition) is 4. The Kier molecular flexibility index (Phi) is 5.92. The largest absolute Gasteiger partial charge is 0.573 e. The highest BCUT2D eigenvalue weighted by Gasteiger charge is 2.42. The van der Waals surface area contributed by atoms with E-state index in [-0.39, 0.29) is 29.3 Å². The minimum absolute atomic E-state index is 0.0333. The number of aromatic nitrogens is 1. The Morgan fingerprint density at radius 2 is 1.97 bits per heavy atom. The van der Waals surface area contributed by atoms with Gasteiger partial charge in [-0.2, -0.15) is 13.2 Å². The van der Waals surface area contributed by atoms with Crippen LogP contribution in [0.3, 0.4) is 0 Å². The second-order valence-corrected chi connectivity index (χ2v) is 7.17. The van der Waals surface area contributed by atoms with E-state index in [0.717, 1.165) is 16.7 Å². The summed E-state index contributed by atoms with van der Waals surface area (Å²) < 4.78 is 79.5. The second kappa shape index (κ2) is 8.09. The molecule has 1 aliphatic carbocycles. The van der Waals surface area contributed by atoms with Crippen molar-refractivity contribution in [1.82, 2.24) is 15.6 Å². The topological polar surface area (TPSA) is 58.5 Å². The van der Waals surface area contributed by atoms with Gasteiger partial charge in [0.15, 0.2) is 11.7 Å². The van der Waals surface area contributed by atoms with E-state index in [1.807, 2.05) is 0 Å². The number of ether oxygens (including phenoxy) is 1. The van der Waals surface area contributed by atoms with Crippen LogP contribution in [0, 0.1) is 0 Å². The molecule has 1 heterocycles. The van der Waals surface area contributed by atoms with E-state index in [9.17, 15) is 26.3 Å². The maximum atomic E-state index is 12.6. The van der Waals surface area contributed by atoms with Crippen molar-refractivity contribution < 1.29 is 31.1 Å². The number of nitrogens with zero attached hydrogens (tertiary/aromatic N) is 2. The lowest BCUT2D eigenvalue weighted by Crippen LogP contribution is -2.38. The first kappa shape index (κ1) is 21.2. The molecule has 1 saturated carbocycles. The molecule has 0 spiro atoms. The van der Waals surface area contributed by atoms with Crippen molar-refractivity contribution in [3.63, 3.8) is 0 Å². The van der Waals surface area contributed by atoms with Crippen LogP contribution in [0.15, 0.2) is 34.6 Å². The third-order valence-electron chi connectivity index (χ3n) is 4.13. The summed E-state index contributed by atoms with van der Waals surface area (Å²) in [5.74, 6) is -0.140. The number of alkyl halides is 6. The van der Waals surface area contributed by atoms with Gasteiger partial charge in [0.05, 0.1) is 6.54 Å². The van der Waals surface area contributed by atoms with E-state index in [1.54, 1.807) is 12.1 Å². The highest BCUT2D eigenvalue weighted by Crippen LogP contribution is 2.45. The predicted octanol–water partition coefficient (Wildman–Crippen LogP) is 4.28. The van der Waals surface area contributed by atoms with Crippen molar-refractivity contribution in [2.45, 2.75) is 37.5 Å². The third-order valence-corrected chi connectivity index (χ3v) is 4.98. The van der Waals surface area contributed by atoms with E-state index in [4.69, 9.17) is 0 Å². The number of nitrogens with one attached hydrogen (secondary N) is 2. The van der Waals surface area contributed by atoms with Gasteiger partial charge in [0.25, 0.3) is 0 Å². The average Bonchev–Trinajstić information content (AvgIpc) is 3.19. The van der Waals surface area contributed by atoms with Crippen LogP contribution in [0.25, 0.3) is 0 Å². The molecule has 29 heavy (non-hydrogen) atoms. The Morgan fingerprint density at radius 1 is 1.24 bits per heavy atom. The van der Waals surface area contributed by atoms with Crippen molar-refractivity contribution in [1.29, 1.82) is 0 Å². The van der Waals surface area contributed by atoms with E-state index in [2.05, 4.69) is 25.3 Å². The van der Waals surface area contributed by atoms with Crippen LogP contribution in [-0.2, 0) is 12.7 Å². The van der Waals surface area contributed by atoms with Crippen LogP contribution in [0.1, 0.15) is 28.6 Å². The van der Waals surface area contributed by atoms with Crippen LogP contribution in [0.5, 0.6) is 5.75 Å². The molecule has 2 aromatic rings. The number of para-hydroxylation sites is 1.